The molecule has 1 saturated heterocycles. The Balaban J connectivity index is 1.58. The molecule has 1 aliphatic heterocycles. The molecule has 4 rings (SSSR count). The Morgan fingerprint density at radius 3 is 2.54 bits per heavy atom. The number of likely N-dealkylation sites (tertiary alicyclic amines) is 1. The monoisotopic (exact) mass is 395 g/mol. The molecule has 144 valence electrons. The minimum absolute atomic E-state index is 0.0231. The van der Waals surface area contributed by atoms with Gasteiger partial charge in [0.15, 0.2) is 0 Å². The summed E-state index contributed by atoms with van der Waals surface area (Å²) in [5, 5.41) is 4.59. The highest BCUT2D eigenvalue weighted by Gasteiger charge is 2.29. The number of para-hydroxylation sites is 1. The third-order valence-electron chi connectivity index (χ3n) is 5.23. The first-order valence-electron chi connectivity index (χ1n) is 9.52. The van der Waals surface area contributed by atoms with Crippen molar-refractivity contribution in [1.29, 1.82) is 0 Å². The summed E-state index contributed by atoms with van der Waals surface area (Å²) >= 11 is 5.91. The molecular weight excluding hydrogens is 374 g/mol. The van der Waals surface area contributed by atoms with E-state index in [1.165, 1.54) is 0 Å². The maximum absolute atomic E-state index is 13.1. The van der Waals surface area contributed by atoms with Crippen LogP contribution in [-0.2, 0) is 11.2 Å². The second-order valence-corrected chi connectivity index (χ2v) is 7.57. The number of hydrogen-bond acceptors (Lipinski definition) is 2. The van der Waals surface area contributed by atoms with Crippen LogP contribution in [0.25, 0.3) is 10.9 Å². The van der Waals surface area contributed by atoms with Crippen LogP contribution in [0.2, 0.25) is 5.02 Å². The summed E-state index contributed by atoms with van der Waals surface area (Å²) in [6.07, 6.45) is 4.38. The maximum Gasteiger partial charge on any atom is 0.251 e. The quantitative estimate of drug-likeness (QED) is 0.690. The molecule has 0 unspecified atom stereocenters. The van der Waals surface area contributed by atoms with E-state index in [9.17, 15) is 9.59 Å². The number of halogens is 1. The van der Waals surface area contributed by atoms with E-state index in [1.54, 1.807) is 24.3 Å². The van der Waals surface area contributed by atoms with Gasteiger partial charge in [0, 0.05) is 47.2 Å². The van der Waals surface area contributed by atoms with Gasteiger partial charge in [0.2, 0.25) is 5.91 Å². The molecule has 0 aliphatic carbocycles. The lowest BCUT2D eigenvalue weighted by Crippen LogP contribution is -2.49. The molecule has 0 spiro atoms. The van der Waals surface area contributed by atoms with Crippen molar-refractivity contribution in [2.45, 2.75) is 25.3 Å². The largest absolute Gasteiger partial charge is 0.361 e. The predicted octanol–water partition coefficient (Wildman–Crippen LogP) is 3.78. The lowest BCUT2D eigenvalue weighted by molar-refractivity contribution is -0.132. The third-order valence-corrected chi connectivity index (χ3v) is 5.48. The first-order valence-corrected chi connectivity index (χ1v) is 9.90. The van der Waals surface area contributed by atoms with Crippen molar-refractivity contribution in [3.05, 3.63) is 70.9 Å². The molecule has 0 radical (unpaired) electrons. The van der Waals surface area contributed by atoms with E-state index in [2.05, 4.69) is 10.3 Å². The Morgan fingerprint density at radius 1 is 1.07 bits per heavy atom. The average molecular weight is 396 g/mol. The number of aromatic amines is 1. The Labute approximate surface area is 168 Å². The number of amides is 2. The van der Waals surface area contributed by atoms with Crippen LogP contribution in [0.4, 0.5) is 0 Å². The van der Waals surface area contributed by atoms with Gasteiger partial charge < -0.3 is 15.2 Å². The number of nitrogens with one attached hydrogen (secondary N) is 2. The summed E-state index contributed by atoms with van der Waals surface area (Å²) in [6, 6.07) is 14.0. The minimum atomic E-state index is -0.611. The van der Waals surface area contributed by atoms with Gasteiger partial charge in [0.05, 0.1) is 0 Å². The number of nitrogens with zero attached hydrogens (tertiary/aromatic N) is 1. The number of fused-ring (bicyclic) bond motifs is 1. The van der Waals surface area contributed by atoms with Gasteiger partial charge in [-0.1, -0.05) is 29.8 Å². The van der Waals surface area contributed by atoms with E-state index in [0.29, 0.717) is 17.0 Å². The third kappa shape index (κ3) is 3.90. The molecule has 6 heteroatoms. The number of aromatic nitrogens is 1. The zero-order valence-electron chi connectivity index (χ0n) is 15.5. The molecule has 2 heterocycles. The molecule has 1 fully saturated rings. The second-order valence-electron chi connectivity index (χ2n) is 7.13. The van der Waals surface area contributed by atoms with Crippen molar-refractivity contribution < 1.29 is 9.59 Å². The SMILES string of the molecule is O=C(N[C@H](Cc1c[nH]c2ccccc12)C(=O)N1CCCC1)c1ccc(Cl)cc1. The molecule has 3 aromatic rings. The Hall–Kier alpha value is -2.79. The molecule has 2 amide bonds. The van der Waals surface area contributed by atoms with E-state index in [0.717, 1.165) is 42.4 Å². The summed E-state index contributed by atoms with van der Waals surface area (Å²) in [5.41, 5.74) is 2.53. The van der Waals surface area contributed by atoms with Crippen LogP contribution in [0.1, 0.15) is 28.8 Å². The Morgan fingerprint density at radius 2 is 1.79 bits per heavy atom. The standard InChI is InChI=1S/C22H22ClN3O2/c23-17-9-7-15(8-10-17)21(27)25-20(22(28)26-11-3-4-12-26)13-16-14-24-19-6-2-1-5-18(16)19/h1-2,5-10,14,20,24H,3-4,11-13H2,(H,25,27)/t20-/m1/s1. The molecule has 1 aliphatic rings. The summed E-state index contributed by atoms with van der Waals surface area (Å²) in [7, 11) is 0. The van der Waals surface area contributed by atoms with E-state index in [-0.39, 0.29) is 11.8 Å². The molecule has 0 bridgehead atoms. The summed E-state index contributed by atoms with van der Waals surface area (Å²) < 4.78 is 0. The Kier molecular flexibility index (Phi) is 5.35. The smallest absolute Gasteiger partial charge is 0.251 e. The van der Waals surface area contributed by atoms with Crippen LogP contribution in [0.3, 0.4) is 0 Å². The van der Waals surface area contributed by atoms with Crippen molar-refractivity contribution >= 4 is 34.3 Å². The van der Waals surface area contributed by atoms with Gasteiger partial charge in [-0.15, -0.1) is 0 Å². The highest BCUT2D eigenvalue weighted by molar-refractivity contribution is 6.30. The first kappa shape index (κ1) is 18.6. The molecule has 0 saturated carbocycles. The molecule has 5 nitrogen and oxygen atoms in total. The van der Waals surface area contributed by atoms with Crippen LogP contribution >= 0.6 is 11.6 Å². The van der Waals surface area contributed by atoms with Gasteiger partial charge in [-0.3, -0.25) is 9.59 Å². The zero-order valence-corrected chi connectivity index (χ0v) is 16.2. The number of hydrogen-bond donors (Lipinski definition) is 2. The van der Waals surface area contributed by atoms with Gasteiger partial charge in [-0.05, 0) is 48.7 Å². The summed E-state index contributed by atoms with van der Waals surface area (Å²) in [5.74, 6) is -0.292. The topological polar surface area (TPSA) is 65.2 Å². The molecule has 1 atom stereocenters. The van der Waals surface area contributed by atoms with Crippen LogP contribution in [0, 0.1) is 0 Å². The highest BCUT2D eigenvalue weighted by atomic mass is 35.5. The van der Waals surface area contributed by atoms with Crippen LogP contribution in [-0.4, -0.2) is 40.8 Å². The highest BCUT2D eigenvalue weighted by Crippen LogP contribution is 2.21. The summed E-state index contributed by atoms with van der Waals surface area (Å²) in [4.78, 5) is 30.9. The van der Waals surface area contributed by atoms with Crippen LogP contribution in [0.15, 0.2) is 54.7 Å². The molecule has 1 aromatic heterocycles. The van der Waals surface area contributed by atoms with Gasteiger partial charge in [0.25, 0.3) is 5.91 Å². The zero-order chi connectivity index (χ0) is 19.5. The number of rotatable bonds is 5. The Bertz CT molecular complexity index is 990. The van der Waals surface area contributed by atoms with Crippen molar-refractivity contribution in [2.75, 3.05) is 13.1 Å². The van der Waals surface area contributed by atoms with Crippen molar-refractivity contribution in [1.82, 2.24) is 15.2 Å². The lowest BCUT2D eigenvalue weighted by atomic mass is 10.0. The predicted molar refractivity (Wildman–Crippen MR) is 111 cm³/mol. The molecular formula is C22H22ClN3O2. The van der Waals surface area contributed by atoms with E-state index >= 15 is 0 Å². The van der Waals surface area contributed by atoms with Crippen molar-refractivity contribution in [3.63, 3.8) is 0 Å². The van der Waals surface area contributed by atoms with Gasteiger partial charge >= 0.3 is 0 Å². The number of carbonyl (C=O) groups excluding carboxylic acids is 2. The molecule has 2 N–H and O–H groups in total. The van der Waals surface area contributed by atoms with Crippen LogP contribution < -0.4 is 5.32 Å². The van der Waals surface area contributed by atoms with Gasteiger partial charge in [-0.2, -0.15) is 0 Å². The first-order chi connectivity index (χ1) is 13.6. The fraction of sp³-hybridized carbons (Fsp3) is 0.273. The summed E-state index contributed by atoms with van der Waals surface area (Å²) in [6.45, 7) is 1.50. The maximum atomic E-state index is 13.1. The normalized spacial score (nSPS) is 15.0. The number of H-pyrrole nitrogens is 1. The number of benzene rings is 2. The fourth-order valence-electron chi connectivity index (χ4n) is 3.72. The van der Waals surface area contributed by atoms with E-state index < -0.39 is 6.04 Å². The lowest BCUT2D eigenvalue weighted by Gasteiger charge is -2.24. The molecule has 28 heavy (non-hydrogen) atoms. The van der Waals surface area contributed by atoms with Crippen molar-refractivity contribution in [2.24, 2.45) is 0 Å². The van der Waals surface area contributed by atoms with Crippen LogP contribution in [0.5, 0.6) is 0 Å². The molecule has 2 aromatic carbocycles. The van der Waals surface area contributed by atoms with Crippen molar-refractivity contribution in [3.8, 4) is 0 Å². The van der Waals surface area contributed by atoms with E-state index in [1.807, 2.05) is 35.4 Å². The minimum Gasteiger partial charge on any atom is -0.361 e. The van der Waals surface area contributed by atoms with Gasteiger partial charge in [0.1, 0.15) is 6.04 Å². The fourth-order valence-corrected chi connectivity index (χ4v) is 3.85. The second kappa shape index (κ2) is 8.07. The van der Waals surface area contributed by atoms with Gasteiger partial charge in [-0.25, -0.2) is 0 Å². The average Bonchev–Trinajstić information content (AvgIpc) is 3.38. The number of carbonyl (C=O) groups is 2. The van der Waals surface area contributed by atoms with E-state index in [4.69, 9.17) is 11.6 Å².